The molecule has 1 aliphatic rings. The Morgan fingerprint density at radius 2 is 2.00 bits per heavy atom. The van der Waals surface area contributed by atoms with Gasteiger partial charge in [-0.25, -0.2) is 18.4 Å². The summed E-state index contributed by atoms with van der Waals surface area (Å²) in [5.41, 5.74) is 1.91. The lowest BCUT2D eigenvalue weighted by Gasteiger charge is -2.32. The number of aromatic nitrogens is 2. The number of hydrogen-bond acceptors (Lipinski definition) is 6. The van der Waals surface area contributed by atoms with Crippen molar-refractivity contribution in [2.24, 2.45) is 0 Å². The Kier molecular flexibility index (Phi) is 3.87. The van der Waals surface area contributed by atoms with Gasteiger partial charge in [-0.05, 0) is 12.1 Å². The van der Waals surface area contributed by atoms with E-state index in [1.165, 1.54) is 11.1 Å². The lowest BCUT2D eigenvalue weighted by atomic mass is 9.98. The van der Waals surface area contributed by atoms with Gasteiger partial charge in [0, 0.05) is 41.2 Å². The third kappa shape index (κ3) is 2.83. The van der Waals surface area contributed by atoms with Gasteiger partial charge in [-0.1, -0.05) is 29.8 Å². The molecular weight excluding hydrogens is 338 g/mol. The minimum absolute atomic E-state index is 0.273. The summed E-state index contributed by atoms with van der Waals surface area (Å²) in [6.45, 7) is 0. The second-order valence-corrected chi connectivity index (χ2v) is 7.58. The third-order valence-corrected chi connectivity index (χ3v) is 4.77. The molecule has 1 N–H and O–H groups in total. The maximum atomic E-state index is 11.6. The fourth-order valence-electron chi connectivity index (χ4n) is 2.41. The average Bonchev–Trinajstić information content (AvgIpc) is 2.50. The van der Waals surface area contributed by atoms with Gasteiger partial charge in [0.2, 0.25) is 15.0 Å². The van der Waals surface area contributed by atoms with E-state index in [9.17, 15) is 13.5 Å². The van der Waals surface area contributed by atoms with Crippen molar-refractivity contribution >= 4 is 38.9 Å². The van der Waals surface area contributed by atoms with Gasteiger partial charge in [0.15, 0.2) is 6.23 Å². The van der Waals surface area contributed by atoms with Gasteiger partial charge in [0.05, 0.1) is 0 Å². The molecule has 1 aromatic heterocycles. The van der Waals surface area contributed by atoms with Crippen molar-refractivity contribution in [2.45, 2.75) is 11.4 Å². The number of fused-ring (bicyclic) bond motifs is 1. The molecule has 3 rings (SSSR count). The number of aliphatic hydroxyl groups excluding tert-OH is 1. The Morgan fingerprint density at radius 3 is 2.65 bits per heavy atom. The smallest absolute Gasteiger partial charge is 0.248 e. The number of aliphatic hydroxyl groups is 1. The Bertz CT molecular complexity index is 912. The van der Waals surface area contributed by atoms with Crippen LogP contribution in [-0.2, 0) is 9.84 Å². The highest BCUT2D eigenvalue weighted by molar-refractivity contribution is 7.90. The number of hydrogen-bond donors (Lipinski definition) is 1. The molecule has 8 heteroatoms. The first-order valence-corrected chi connectivity index (χ1v) is 9.00. The van der Waals surface area contributed by atoms with E-state index >= 15 is 0 Å². The molecular formula is C15H14ClN3O3S. The quantitative estimate of drug-likeness (QED) is 0.831. The lowest BCUT2D eigenvalue weighted by molar-refractivity contribution is 0.231. The molecule has 0 radical (unpaired) electrons. The molecule has 23 heavy (non-hydrogen) atoms. The maximum Gasteiger partial charge on any atom is 0.248 e. The van der Waals surface area contributed by atoms with Crippen molar-refractivity contribution in [3.05, 3.63) is 46.6 Å². The highest BCUT2D eigenvalue weighted by Crippen LogP contribution is 2.36. The summed E-state index contributed by atoms with van der Waals surface area (Å²) in [5.74, 6) is 0.351. The molecule has 1 aromatic carbocycles. The zero-order valence-electron chi connectivity index (χ0n) is 12.4. The van der Waals surface area contributed by atoms with Crippen LogP contribution in [-0.4, -0.2) is 43.0 Å². The van der Waals surface area contributed by atoms with Crippen molar-refractivity contribution in [1.29, 1.82) is 0 Å². The molecule has 0 spiro atoms. The predicted octanol–water partition coefficient (Wildman–Crippen LogP) is 1.84. The second-order valence-electron chi connectivity index (χ2n) is 5.27. The molecule has 1 aliphatic heterocycles. The van der Waals surface area contributed by atoms with Crippen molar-refractivity contribution in [3.8, 4) is 0 Å². The van der Waals surface area contributed by atoms with Crippen LogP contribution in [0.5, 0.6) is 0 Å². The van der Waals surface area contributed by atoms with Gasteiger partial charge in [-0.3, -0.25) is 0 Å². The van der Waals surface area contributed by atoms with Gasteiger partial charge < -0.3 is 10.0 Å². The topological polar surface area (TPSA) is 83.4 Å². The molecule has 0 fully saturated rings. The average molecular weight is 352 g/mol. The van der Waals surface area contributed by atoms with E-state index < -0.39 is 16.1 Å². The highest BCUT2D eigenvalue weighted by Gasteiger charge is 2.28. The van der Waals surface area contributed by atoms with Crippen molar-refractivity contribution in [1.82, 2.24) is 9.97 Å². The summed E-state index contributed by atoms with van der Waals surface area (Å²) < 4.78 is 23.2. The van der Waals surface area contributed by atoms with E-state index in [1.54, 1.807) is 25.3 Å². The van der Waals surface area contributed by atoms with Gasteiger partial charge >= 0.3 is 0 Å². The predicted molar refractivity (Wildman–Crippen MR) is 88.9 cm³/mol. The minimum atomic E-state index is -3.52. The van der Waals surface area contributed by atoms with Crippen LogP contribution in [0.1, 0.15) is 11.1 Å². The molecule has 6 nitrogen and oxygen atoms in total. The summed E-state index contributed by atoms with van der Waals surface area (Å²) in [5, 5.41) is 10.8. The number of likely N-dealkylation sites (N-methyl/N-ethyl adjacent to an activating group) is 1. The molecule has 0 aliphatic carbocycles. The van der Waals surface area contributed by atoms with Crippen LogP contribution >= 0.6 is 11.6 Å². The van der Waals surface area contributed by atoms with Crippen molar-refractivity contribution in [2.75, 3.05) is 18.2 Å². The zero-order chi connectivity index (χ0) is 16.8. The molecule has 0 saturated heterocycles. The highest BCUT2D eigenvalue weighted by atomic mass is 35.5. The monoisotopic (exact) mass is 351 g/mol. The summed E-state index contributed by atoms with van der Waals surface area (Å²) in [6.07, 6.45) is 3.19. The SMILES string of the molecule is CN1c2nc(S(C)(=O)=O)ncc2C=C(c2ccccc2Cl)C1O. The zero-order valence-corrected chi connectivity index (χ0v) is 14.0. The van der Waals surface area contributed by atoms with Gasteiger partial charge in [-0.2, -0.15) is 0 Å². The third-order valence-electron chi connectivity index (χ3n) is 3.58. The Hall–Kier alpha value is -1.96. The largest absolute Gasteiger partial charge is 0.369 e. The van der Waals surface area contributed by atoms with Gasteiger partial charge in [-0.15, -0.1) is 0 Å². The fraction of sp³-hybridized carbons (Fsp3) is 0.200. The van der Waals surface area contributed by atoms with Crippen molar-refractivity contribution < 1.29 is 13.5 Å². The number of sulfone groups is 1. The van der Waals surface area contributed by atoms with E-state index in [2.05, 4.69) is 9.97 Å². The summed E-state index contributed by atoms with van der Waals surface area (Å²) >= 11 is 6.20. The molecule has 0 bridgehead atoms. The van der Waals surface area contributed by atoms with E-state index in [1.807, 2.05) is 12.1 Å². The first-order chi connectivity index (χ1) is 10.8. The second kappa shape index (κ2) is 5.59. The molecule has 0 saturated carbocycles. The first kappa shape index (κ1) is 15.9. The van der Waals surface area contributed by atoms with Crippen LogP contribution in [0.4, 0.5) is 5.82 Å². The first-order valence-electron chi connectivity index (χ1n) is 6.73. The van der Waals surface area contributed by atoms with Crippen LogP contribution in [0.3, 0.4) is 0 Å². The summed E-state index contributed by atoms with van der Waals surface area (Å²) in [6, 6.07) is 7.18. The Labute approximate surface area is 139 Å². The molecule has 1 unspecified atom stereocenters. The van der Waals surface area contributed by atoms with Crippen LogP contribution in [0.2, 0.25) is 5.02 Å². The van der Waals surface area contributed by atoms with E-state index in [0.717, 1.165) is 6.26 Å². The Morgan fingerprint density at radius 1 is 1.30 bits per heavy atom. The van der Waals surface area contributed by atoms with E-state index in [0.29, 0.717) is 27.5 Å². The summed E-state index contributed by atoms with van der Waals surface area (Å²) in [4.78, 5) is 9.43. The van der Waals surface area contributed by atoms with Gasteiger partial charge in [0.1, 0.15) is 5.82 Å². The van der Waals surface area contributed by atoms with Crippen LogP contribution < -0.4 is 4.90 Å². The minimum Gasteiger partial charge on any atom is -0.369 e. The number of anilines is 1. The molecule has 0 amide bonds. The van der Waals surface area contributed by atoms with Crippen LogP contribution in [0.25, 0.3) is 11.6 Å². The lowest BCUT2D eigenvalue weighted by Crippen LogP contribution is -2.36. The van der Waals surface area contributed by atoms with Crippen LogP contribution in [0.15, 0.2) is 35.6 Å². The maximum absolute atomic E-state index is 11.6. The number of rotatable bonds is 2. The number of halogens is 1. The number of nitrogens with zero attached hydrogens (tertiary/aromatic N) is 3. The fourth-order valence-corrected chi connectivity index (χ4v) is 3.15. The van der Waals surface area contributed by atoms with Gasteiger partial charge in [0.25, 0.3) is 0 Å². The van der Waals surface area contributed by atoms with Crippen LogP contribution in [0, 0.1) is 0 Å². The summed E-state index contributed by atoms with van der Waals surface area (Å²) in [7, 11) is -1.89. The number of benzene rings is 1. The standard InChI is InChI=1S/C15H14ClN3O3S/c1-19-13-9(8-17-15(18-13)23(2,21)22)7-11(14(19)20)10-5-3-4-6-12(10)16/h3-8,14,20H,1-2H3. The molecule has 2 aromatic rings. The van der Waals surface area contributed by atoms with E-state index in [4.69, 9.17) is 11.6 Å². The van der Waals surface area contributed by atoms with E-state index in [-0.39, 0.29) is 5.16 Å². The Balaban J connectivity index is 2.18. The molecule has 2 heterocycles. The normalized spacial score (nSPS) is 17.7. The molecule has 1 atom stereocenters. The molecule has 120 valence electrons. The van der Waals surface area contributed by atoms with Crippen molar-refractivity contribution in [3.63, 3.8) is 0 Å².